The molecule has 0 bridgehead atoms. The predicted molar refractivity (Wildman–Crippen MR) is 155 cm³/mol. The number of carbonyl (C=O) groups excluding carboxylic acids is 2. The Balaban J connectivity index is 1.47. The number of hydroxylamine groups is 2. The quantitative estimate of drug-likeness (QED) is 0.231. The number of alkyl halides is 2. The Kier molecular flexibility index (Phi) is 9.29. The van der Waals surface area contributed by atoms with Crippen LogP contribution in [0, 0.1) is 18.6 Å². The fourth-order valence-corrected chi connectivity index (χ4v) is 4.99. The van der Waals surface area contributed by atoms with Crippen molar-refractivity contribution in [1.29, 1.82) is 0 Å². The molecule has 3 heterocycles. The molecule has 2 aromatic heterocycles. The lowest BCUT2D eigenvalue weighted by molar-refractivity contribution is -0.166. The molecule has 0 saturated carbocycles. The SMILES string of the molecule is CNC(=O)c1cc(-c2nn(-c3ccccc3)c(NC(=O)N[C@@H]3CN(CC(F)F)O[C@H]3c3ccc(F)c(F)c3)c2C)cnc1OC. The Labute approximate surface area is 255 Å². The molecular formula is C30H29F4N7O4. The predicted octanol–water partition coefficient (Wildman–Crippen LogP) is 4.63. The summed E-state index contributed by atoms with van der Waals surface area (Å²) in [6.45, 7) is 0.814. The summed E-state index contributed by atoms with van der Waals surface area (Å²) in [5, 5.41) is 13.7. The molecule has 1 aliphatic heterocycles. The van der Waals surface area contributed by atoms with E-state index in [1.54, 1.807) is 37.3 Å². The molecule has 236 valence electrons. The molecule has 1 saturated heterocycles. The highest BCUT2D eigenvalue weighted by Crippen LogP contribution is 2.33. The number of carbonyl (C=O) groups is 2. The van der Waals surface area contributed by atoms with Crippen LogP contribution in [0.3, 0.4) is 0 Å². The number of halogens is 4. The topological polar surface area (TPSA) is 123 Å². The van der Waals surface area contributed by atoms with Gasteiger partial charge < -0.3 is 15.4 Å². The molecule has 2 aromatic carbocycles. The number of hydrogen-bond acceptors (Lipinski definition) is 7. The average Bonchev–Trinajstić information content (AvgIpc) is 3.57. The number of hydrogen-bond donors (Lipinski definition) is 3. The van der Waals surface area contributed by atoms with E-state index < -0.39 is 48.7 Å². The highest BCUT2D eigenvalue weighted by molar-refractivity contribution is 5.97. The van der Waals surface area contributed by atoms with Gasteiger partial charge in [-0.1, -0.05) is 24.3 Å². The number of ether oxygens (including phenoxy) is 1. The van der Waals surface area contributed by atoms with Gasteiger partial charge in [0.2, 0.25) is 5.88 Å². The lowest BCUT2D eigenvalue weighted by Gasteiger charge is -2.20. The van der Waals surface area contributed by atoms with Crippen LogP contribution < -0.4 is 20.7 Å². The van der Waals surface area contributed by atoms with E-state index in [9.17, 15) is 27.2 Å². The number of nitrogens with zero attached hydrogens (tertiary/aromatic N) is 4. The maximum atomic E-state index is 14.0. The van der Waals surface area contributed by atoms with Gasteiger partial charge in [0.05, 0.1) is 31.1 Å². The number of methoxy groups -OCH3 is 1. The number of rotatable bonds is 9. The lowest BCUT2D eigenvalue weighted by atomic mass is 10.0. The zero-order valence-corrected chi connectivity index (χ0v) is 24.4. The highest BCUT2D eigenvalue weighted by atomic mass is 19.3. The van der Waals surface area contributed by atoms with Crippen molar-refractivity contribution in [3.05, 3.63) is 89.1 Å². The largest absolute Gasteiger partial charge is 0.480 e. The fourth-order valence-electron chi connectivity index (χ4n) is 4.99. The summed E-state index contributed by atoms with van der Waals surface area (Å²) in [7, 11) is 2.87. The molecule has 0 aliphatic carbocycles. The maximum absolute atomic E-state index is 14.0. The molecule has 0 radical (unpaired) electrons. The second kappa shape index (κ2) is 13.3. The van der Waals surface area contributed by atoms with Crippen molar-refractivity contribution in [2.75, 3.05) is 32.6 Å². The van der Waals surface area contributed by atoms with Gasteiger partial charge in [-0.15, -0.1) is 0 Å². The third kappa shape index (κ3) is 6.73. The molecule has 1 aliphatic rings. The number of benzene rings is 2. The van der Waals surface area contributed by atoms with Crippen LogP contribution >= 0.6 is 0 Å². The van der Waals surface area contributed by atoms with Gasteiger partial charge in [0.25, 0.3) is 12.3 Å². The Hall–Kier alpha value is -5.02. The first-order chi connectivity index (χ1) is 21.6. The van der Waals surface area contributed by atoms with Crippen LogP contribution in [0.4, 0.5) is 28.2 Å². The van der Waals surface area contributed by atoms with Crippen molar-refractivity contribution in [3.63, 3.8) is 0 Å². The maximum Gasteiger partial charge on any atom is 0.320 e. The van der Waals surface area contributed by atoms with Crippen LogP contribution in [0.25, 0.3) is 16.9 Å². The van der Waals surface area contributed by atoms with Crippen LogP contribution in [-0.4, -0.2) is 71.5 Å². The summed E-state index contributed by atoms with van der Waals surface area (Å²) in [5.41, 5.74) is 2.32. The molecule has 15 heteroatoms. The Morgan fingerprint density at radius 1 is 1.11 bits per heavy atom. The number of anilines is 1. The van der Waals surface area contributed by atoms with Gasteiger partial charge in [0.15, 0.2) is 11.6 Å². The van der Waals surface area contributed by atoms with Crippen molar-refractivity contribution in [2.45, 2.75) is 25.5 Å². The van der Waals surface area contributed by atoms with Gasteiger partial charge in [-0.2, -0.15) is 10.2 Å². The normalized spacial score (nSPS) is 16.5. The Morgan fingerprint density at radius 2 is 1.87 bits per heavy atom. The molecule has 11 nitrogen and oxygen atoms in total. The van der Waals surface area contributed by atoms with Crippen molar-refractivity contribution in [1.82, 2.24) is 30.5 Å². The first-order valence-corrected chi connectivity index (χ1v) is 13.7. The summed E-state index contributed by atoms with van der Waals surface area (Å²) >= 11 is 0. The van der Waals surface area contributed by atoms with Crippen molar-refractivity contribution in [3.8, 4) is 22.8 Å². The summed E-state index contributed by atoms with van der Waals surface area (Å²) in [5.74, 6) is -2.27. The average molecular weight is 628 g/mol. The van der Waals surface area contributed by atoms with Gasteiger partial charge in [0.1, 0.15) is 17.5 Å². The number of pyridine rings is 1. The number of nitrogens with one attached hydrogen (secondary N) is 3. The van der Waals surface area contributed by atoms with Gasteiger partial charge in [-0.05, 0) is 42.8 Å². The summed E-state index contributed by atoms with van der Waals surface area (Å²) < 4.78 is 60.7. The molecule has 3 N–H and O–H groups in total. The Morgan fingerprint density at radius 3 is 2.53 bits per heavy atom. The minimum atomic E-state index is -2.74. The van der Waals surface area contributed by atoms with Gasteiger partial charge in [-0.25, -0.2) is 32.0 Å². The van der Waals surface area contributed by atoms with Crippen LogP contribution in [0.2, 0.25) is 0 Å². The van der Waals surface area contributed by atoms with Gasteiger partial charge in [0, 0.05) is 30.9 Å². The molecule has 3 amide bonds. The lowest BCUT2D eigenvalue weighted by Crippen LogP contribution is -2.42. The number of urea groups is 1. The fraction of sp³-hybridized carbons (Fsp3) is 0.267. The van der Waals surface area contributed by atoms with Crippen molar-refractivity contribution < 1.29 is 36.7 Å². The van der Waals surface area contributed by atoms with E-state index in [4.69, 9.17) is 14.7 Å². The summed E-state index contributed by atoms with van der Waals surface area (Å²) in [6, 6.07) is 11.9. The number of amides is 3. The van der Waals surface area contributed by atoms with E-state index in [0.29, 0.717) is 22.5 Å². The number of aromatic nitrogens is 3. The van der Waals surface area contributed by atoms with Crippen LogP contribution in [0.15, 0.2) is 60.8 Å². The Bertz CT molecular complexity index is 1700. The standard InChI is InChI=1S/C30H29F4N7O4/c1-16-25(18-11-20(28(42)35-2)29(44-3)36-13-18)39-41(19-7-5-4-6-8-19)27(16)38-30(43)37-23-14-40(15-24(33)34)45-26(23)17-9-10-21(31)22(32)12-17/h4-13,23-24,26H,14-15H2,1-3H3,(H,35,42)(H2,37,38,43)/t23-,26+/m1/s1. The van der Waals surface area contributed by atoms with Crippen LogP contribution in [0.1, 0.15) is 27.6 Å². The van der Waals surface area contributed by atoms with E-state index in [-0.39, 0.29) is 29.4 Å². The second-order valence-electron chi connectivity index (χ2n) is 10.1. The van der Waals surface area contributed by atoms with Crippen LogP contribution in [0.5, 0.6) is 5.88 Å². The molecule has 1 fully saturated rings. The van der Waals surface area contributed by atoms with E-state index in [2.05, 4.69) is 20.9 Å². The first kappa shape index (κ1) is 31.4. The third-order valence-corrected chi connectivity index (χ3v) is 7.10. The molecular weight excluding hydrogens is 598 g/mol. The summed E-state index contributed by atoms with van der Waals surface area (Å²) in [6.07, 6.45) is -2.32. The van der Waals surface area contributed by atoms with E-state index in [1.807, 2.05) is 6.07 Å². The monoisotopic (exact) mass is 627 g/mol. The highest BCUT2D eigenvalue weighted by Gasteiger charge is 2.38. The van der Waals surface area contributed by atoms with E-state index in [1.165, 1.54) is 31.1 Å². The van der Waals surface area contributed by atoms with Crippen molar-refractivity contribution >= 4 is 17.8 Å². The molecule has 45 heavy (non-hydrogen) atoms. The third-order valence-electron chi connectivity index (χ3n) is 7.10. The molecule has 0 unspecified atom stereocenters. The van der Waals surface area contributed by atoms with Crippen LogP contribution in [-0.2, 0) is 4.84 Å². The summed E-state index contributed by atoms with van der Waals surface area (Å²) in [4.78, 5) is 35.8. The van der Waals surface area contributed by atoms with Gasteiger partial charge >= 0.3 is 6.03 Å². The minimum absolute atomic E-state index is 0.117. The van der Waals surface area contributed by atoms with E-state index >= 15 is 0 Å². The minimum Gasteiger partial charge on any atom is -0.480 e. The molecule has 5 rings (SSSR count). The molecule has 0 spiro atoms. The first-order valence-electron chi connectivity index (χ1n) is 13.7. The molecule has 2 atom stereocenters. The zero-order chi connectivity index (χ0) is 32.2. The second-order valence-corrected chi connectivity index (χ2v) is 10.1. The molecule has 4 aromatic rings. The smallest absolute Gasteiger partial charge is 0.320 e. The number of para-hydroxylation sites is 1. The zero-order valence-electron chi connectivity index (χ0n) is 24.4. The van der Waals surface area contributed by atoms with E-state index in [0.717, 1.165) is 17.2 Å². The van der Waals surface area contributed by atoms with Gasteiger partial charge in [-0.3, -0.25) is 14.9 Å². The van der Waals surface area contributed by atoms with Crippen molar-refractivity contribution in [2.24, 2.45) is 0 Å².